The molecule has 0 saturated carbocycles. The van der Waals surface area contributed by atoms with Gasteiger partial charge >= 0.3 is 6.18 Å². The first kappa shape index (κ1) is 29.4. The topological polar surface area (TPSA) is 124 Å². The number of ether oxygens (including phenoxy) is 1. The Morgan fingerprint density at radius 2 is 1.83 bits per heavy atom. The number of aromatic nitrogens is 1. The number of amides is 3. The summed E-state index contributed by atoms with van der Waals surface area (Å²) in [5, 5.41) is 12.7. The molecule has 0 spiro atoms. The fourth-order valence-corrected chi connectivity index (χ4v) is 5.23. The molecule has 14 heteroatoms. The van der Waals surface area contributed by atoms with Gasteiger partial charge in [0.1, 0.15) is 12.3 Å². The van der Waals surface area contributed by atoms with E-state index in [1.54, 1.807) is 26.0 Å². The number of benzene rings is 2. The Kier molecular flexibility index (Phi) is 7.97. The molecule has 0 atom stereocenters. The quantitative estimate of drug-likeness (QED) is 0.204. The Balaban J connectivity index is 1.55. The van der Waals surface area contributed by atoms with E-state index in [1.165, 1.54) is 25.3 Å². The molecule has 4 rings (SSSR count). The monoisotopic (exact) mass is 588 g/mol. The van der Waals surface area contributed by atoms with Crippen molar-refractivity contribution in [2.45, 2.75) is 26.9 Å². The molecule has 41 heavy (non-hydrogen) atoms. The number of nitro benzene ring substituents is 1. The Labute approximate surface area is 235 Å². The van der Waals surface area contributed by atoms with Gasteiger partial charge in [-0.3, -0.25) is 29.4 Å². The highest BCUT2D eigenvalue weighted by atomic mass is 32.2. The lowest BCUT2D eigenvalue weighted by molar-refractivity contribution is -0.384. The standard InChI is InChI=1S/C27H23F3N4O6S/c1-14-9-19(34(38)39)6-7-21(14)33-15(2)10-17(16(33)3)11-23-25(36)32(26(37)41-23)13-24(35)31-20-12-18(27(28,29)30)5-8-22(20)40-4/h5-12H,13H2,1-4H3,(H,31,35)/b23-11-. The summed E-state index contributed by atoms with van der Waals surface area (Å²) in [6.45, 7) is 4.64. The Morgan fingerprint density at radius 3 is 2.44 bits per heavy atom. The lowest BCUT2D eigenvalue weighted by atomic mass is 10.1. The van der Waals surface area contributed by atoms with Crippen molar-refractivity contribution in [3.63, 3.8) is 0 Å². The summed E-state index contributed by atoms with van der Waals surface area (Å²) in [5.74, 6) is -1.65. The number of nitrogens with zero attached hydrogens (tertiary/aromatic N) is 3. The minimum Gasteiger partial charge on any atom is -0.495 e. The van der Waals surface area contributed by atoms with Crippen LogP contribution in [0.15, 0.2) is 47.4 Å². The molecule has 0 aliphatic carbocycles. The molecule has 214 valence electrons. The Bertz CT molecular complexity index is 1630. The van der Waals surface area contributed by atoms with Gasteiger partial charge in [0.25, 0.3) is 16.8 Å². The molecule has 2 heterocycles. The normalized spacial score (nSPS) is 14.6. The number of carbonyl (C=O) groups excluding carboxylic acids is 3. The Morgan fingerprint density at radius 1 is 1.12 bits per heavy atom. The van der Waals surface area contributed by atoms with Gasteiger partial charge in [0.05, 0.1) is 28.2 Å². The van der Waals surface area contributed by atoms with Gasteiger partial charge in [-0.2, -0.15) is 13.2 Å². The number of nitrogens with one attached hydrogen (secondary N) is 1. The number of nitro groups is 1. The van der Waals surface area contributed by atoms with Gasteiger partial charge in [-0.25, -0.2) is 0 Å². The third-order valence-electron chi connectivity index (χ3n) is 6.37. The second-order valence-electron chi connectivity index (χ2n) is 9.12. The van der Waals surface area contributed by atoms with Crippen molar-refractivity contribution >= 4 is 46.3 Å². The second-order valence-corrected chi connectivity index (χ2v) is 10.1. The molecule has 1 aromatic heterocycles. The van der Waals surface area contributed by atoms with Crippen molar-refractivity contribution in [3.8, 4) is 11.4 Å². The fourth-order valence-electron chi connectivity index (χ4n) is 4.40. The van der Waals surface area contributed by atoms with E-state index in [4.69, 9.17) is 4.74 Å². The molecule has 1 saturated heterocycles. The molecule has 0 unspecified atom stereocenters. The van der Waals surface area contributed by atoms with Crippen LogP contribution in [0.3, 0.4) is 0 Å². The first-order chi connectivity index (χ1) is 19.2. The number of rotatable bonds is 7. The Hall–Kier alpha value is -4.59. The highest BCUT2D eigenvalue weighted by Crippen LogP contribution is 2.36. The van der Waals surface area contributed by atoms with Crippen LogP contribution in [0, 0.1) is 30.9 Å². The predicted molar refractivity (Wildman–Crippen MR) is 146 cm³/mol. The number of hydrogen-bond acceptors (Lipinski definition) is 7. The van der Waals surface area contributed by atoms with Crippen LogP contribution >= 0.6 is 11.8 Å². The van der Waals surface area contributed by atoms with Gasteiger partial charge in [0.2, 0.25) is 5.91 Å². The maximum atomic E-state index is 13.1. The summed E-state index contributed by atoms with van der Waals surface area (Å²) in [7, 11) is 1.22. The van der Waals surface area contributed by atoms with Crippen molar-refractivity contribution in [1.29, 1.82) is 0 Å². The van der Waals surface area contributed by atoms with Gasteiger partial charge in [-0.15, -0.1) is 0 Å². The smallest absolute Gasteiger partial charge is 0.416 e. The summed E-state index contributed by atoms with van der Waals surface area (Å²) in [4.78, 5) is 49.7. The average Bonchev–Trinajstić information content (AvgIpc) is 3.32. The minimum atomic E-state index is -4.66. The number of halogens is 3. The van der Waals surface area contributed by atoms with Crippen LogP contribution in [0.4, 0.5) is 29.3 Å². The summed E-state index contributed by atoms with van der Waals surface area (Å²) in [5.41, 5.74) is 2.16. The molecule has 10 nitrogen and oxygen atoms in total. The lowest BCUT2D eigenvalue weighted by Gasteiger charge is -2.16. The first-order valence-electron chi connectivity index (χ1n) is 12.0. The van der Waals surface area contributed by atoms with Crippen LogP contribution in [0.25, 0.3) is 11.8 Å². The van der Waals surface area contributed by atoms with E-state index in [1.807, 2.05) is 11.5 Å². The summed E-state index contributed by atoms with van der Waals surface area (Å²) < 4.78 is 46.2. The van der Waals surface area contributed by atoms with Gasteiger partial charge in [0.15, 0.2) is 0 Å². The van der Waals surface area contributed by atoms with Crippen molar-refractivity contribution in [2.24, 2.45) is 0 Å². The third kappa shape index (κ3) is 5.96. The molecule has 0 radical (unpaired) electrons. The fraction of sp³-hybridized carbons (Fsp3) is 0.222. The number of methoxy groups -OCH3 is 1. The maximum Gasteiger partial charge on any atom is 0.416 e. The zero-order chi connectivity index (χ0) is 30.2. The van der Waals surface area contributed by atoms with Gasteiger partial charge in [-0.1, -0.05) is 0 Å². The maximum absolute atomic E-state index is 13.1. The van der Waals surface area contributed by atoms with Crippen molar-refractivity contribution in [1.82, 2.24) is 9.47 Å². The average molecular weight is 589 g/mol. The molecular weight excluding hydrogens is 565 g/mol. The van der Waals surface area contributed by atoms with Crippen LogP contribution in [0.5, 0.6) is 5.75 Å². The van der Waals surface area contributed by atoms with E-state index >= 15 is 0 Å². The highest BCUT2D eigenvalue weighted by Gasteiger charge is 2.37. The lowest BCUT2D eigenvalue weighted by Crippen LogP contribution is -2.36. The molecule has 3 amide bonds. The summed E-state index contributed by atoms with van der Waals surface area (Å²) in [6.07, 6.45) is -3.15. The SMILES string of the molecule is COc1ccc(C(F)(F)F)cc1NC(=O)CN1C(=O)S/C(=C\c2cc(C)n(-c3ccc([N+](=O)[O-])cc3C)c2C)C1=O. The van der Waals surface area contributed by atoms with Gasteiger partial charge in [0, 0.05) is 29.2 Å². The largest absolute Gasteiger partial charge is 0.495 e. The van der Waals surface area contributed by atoms with Crippen LogP contribution in [-0.4, -0.2) is 45.1 Å². The van der Waals surface area contributed by atoms with Crippen LogP contribution in [-0.2, 0) is 15.8 Å². The van der Waals surface area contributed by atoms with E-state index in [2.05, 4.69) is 5.32 Å². The first-order valence-corrected chi connectivity index (χ1v) is 12.8. The van der Waals surface area contributed by atoms with E-state index < -0.39 is 40.3 Å². The van der Waals surface area contributed by atoms with Crippen molar-refractivity contribution in [2.75, 3.05) is 19.0 Å². The minimum absolute atomic E-state index is 0.0287. The van der Waals surface area contributed by atoms with Crippen LogP contribution in [0.2, 0.25) is 0 Å². The van der Waals surface area contributed by atoms with E-state index in [9.17, 15) is 37.7 Å². The van der Waals surface area contributed by atoms with E-state index in [0.717, 1.165) is 17.8 Å². The number of alkyl halides is 3. The number of carbonyl (C=O) groups is 3. The van der Waals surface area contributed by atoms with Crippen LogP contribution in [0.1, 0.15) is 28.1 Å². The molecular formula is C27H23F3N4O6S. The van der Waals surface area contributed by atoms with E-state index in [-0.39, 0.29) is 22.0 Å². The number of hydrogen-bond donors (Lipinski definition) is 1. The zero-order valence-corrected chi connectivity index (χ0v) is 23.0. The number of non-ortho nitro benzene ring substituents is 1. The molecule has 0 bridgehead atoms. The highest BCUT2D eigenvalue weighted by molar-refractivity contribution is 8.18. The predicted octanol–water partition coefficient (Wildman–Crippen LogP) is 6.01. The van der Waals surface area contributed by atoms with Crippen molar-refractivity contribution in [3.05, 3.63) is 85.6 Å². The summed E-state index contributed by atoms with van der Waals surface area (Å²) in [6, 6.07) is 8.82. The second kappa shape index (κ2) is 11.1. The van der Waals surface area contributed by atoms with E-state index in [0.29, 0.717) is 45.2 Å². The molecule has 1 N–H and O–H groups in total. The molecule has 1 aliphatic heterocycles. The van der Waals surface area contributed by atoms with Crippen molar-refractivity contribution < 1.29 is 37.2 Å². The zero-order valence-electron chi connectivity index (χ0n) is 22.2. The number of imide groups is 1. The number of thioether (sulfide) groups is 1. The van der Waals surface area contributed by atoms with Gasteiger partial charge < -0.3 is 14.6 Å². The van der Waals surface area contributed by atoms with Crippen LogP contribution < -0.4 is 10.1 Å². The molecule has 3 aromatic rings. The molecule has 1 aliphatic rings. The molecule has 1 fully saturated rings. The number of aryl methyl sites for hydroxylation is 2. The summed E-state index contributed by atoms with van der Waals surface area (Å²) >= 11 is 0.627. The number of anilines is 1. The van der Waals surface area contributed by atoms with Gasteiger partial charge in [-0.05, 0) is 80.1 Å². The third-order valence-corrected chi connectivity index (χ3v) is 7.27. The molecule has 2 aromatic carbocycles.